The fourth-order valence-corrected chi connectivity index (χ4v) is 3.71. The number of amides is 2. The fourth-order valence-electron chi connectivity index (χ4n) is 2.35. The van der Waals surface area contributed by atoms with Gasteiger partial charge in [0.1, 0.15) is 6.04 Å². The van der Waals surface area contributed by atoms with E-state index in [1.54, 1.807) is 7.05 Å². The lowest BCUT2D eigenvalue weighted by molar-refractivity contribution is -0.135. The van der Waals surface area contributed by atoms with Gasteiger partial charge in [0, 0.05) is 6.54 Å². The van der Waals surface area contributed by atoms with Crippen LogP contribution >= 0.6 is 11.8 Å². The van der Waals surface area contributed by atoms with Crippen LogP contribution in [-0.2, 0) is 9.59 Å². The number of carbonyl (C=O) groups is 2. The van der Waals surface area contributed by atoms with Crippen LogP contribution < -0.4 is 10.6 Å². The molecule has 6 heteroatoms. The van der Waals surface area contributed by atoms with E-state index in [1.807, 2.05) is 16.7 Å². The van der Waals surface area contributed by atoms with Gasteiger partial charge in [-0.3, -0.25) is 9.59 Å². The van der Waals surface area contributed by atoms with E-state index in [9.17, 15) is 9.59 Å². The van der Waals surface area contributed by atoms with E-state index >= 15 is 0 Å². The van der Waals surface area contributed by atoms with Crippen molar-refractivity contribution in [1.29, 1.82) is 0 Å². The normalized spacial score (nSPS) is 28.8. The SMILES string of the molecule is CNCC(=O)NC1CCSC2CCCN2C1=O. The van der Waals surface area contributed by atoms with Crippen LogP contribution in [0, 0.1) is 0 Å². The predicted molar refractivity (Wildman–Crippen MR) is 67.7 cm³/mol. The Labute approximate surface area is 106 Å². The van der Waals surface area contributed by atoms with Gasteiger partial charge < -0.3 is 15.5 Å². The Kier molecular flexibility index (Phi) is 4.28. The topological polar surface area (TPSA) is 61.4 Å². The zero-order chi connectivity index (χ0) is 12.3. The van der Waals surface area contributed by atoms with Crippen LogP contribution in [0.25, 0.3) is 0 Å². The molecule has 2 amide bonds. The maximum atomic E-state index is 12.2. The Bertz CT molecular complexity index is 311. The van der Waals surface area contributed by atoms with E-state index in [2.05, 4.69) is 10.6 Å². The first-order chi connectivity index (χ1) is 8.22. The highest BCUT2D eigenvalue weighted by Gasteiger charge is 2.36. The molecular weight excluding hydrogens is 238 g/mol. The molecule has 0 aromatic carbocycles. The highest BCUT2D eigenvalue weighted by atomic mass is 32.2. The molecule has 0 aromatic rings. The summed E-state index contributed by atoms with van der Waals surface area (Å²) in [5.74, 6) is 0.938. The molecule has 0 saturated carbocycles. The van der Waals surface area contributed by atoms with Gasteiger partial charge in [-0.2, -0.15) is 0 Å². The molecule has 2 heterocycles. The Morgan fingerprint density at radius 1 is 1.53 bits per heavy atom. The lowest BCUT2D eigenvalue weighted by Crippen LogP contribution is -2.49. The number of fused-ring (bicyclic) bond motifs is 1. The second-order valence-electron chi connectivity index (χ2n) is 4.44. The van der Waals surface area contributed by atoms with Crippen molar-refractivity contribution in [1.82, 2.24) is 15.5 Å². The molecule has 2 atom stereocenters. The molecule has 2 N–H and O–H groups in total. The molecule has 0 bridgehead atoms. The Hall–Kier alpha value is -0.750. The van der Waals surface area contributed by atoms with Crippen molar-refractivity contribution in [3.63, 3.8) is 0 Å². The molecule has 2 unspecified atom stereocenters. The molecule has 2 aliphatic rings. The maximum Gasteiger partial charge on any atom is 0.246 e. The fraction of sp³-hybridized carbons (Fsp3) is 0.818. The summed E-state index contributed by atoms with van der Waals surface area (Å²) in [5, 5.41) is 5.95. The van der Waals surface area contributed by atoms with Gasteiger partial charge in [-0.1, -0.05) is 0 Å². The van der Waals surface area contributed by atoms with Gasteiger partial charge in [0.15, 0.2) is 0 Å². The molecular formula is C11H19N3O2S. The third-order valence-corrected chi connectivity index (χ3v) is 4.51. The molecule has 2 rings (SSSR count). The molecule has 0 aromatic heterocycles. The molecule has 2 aliphatic heterocycles. The monoisotopic (exact) mass is 257 g/mol. The highest BCUT2D eigenvalue weighted by Crippen LogP contribution is 2.31. The quantitative estimate of drug-likeness (QED) is 0.733. The third kappa shape index (κ3) is 2.93. The van der Waals surface area contributed by atoms with E-state index < -0.39 is 0 Å². The summed E-state index contributed by atoms with van der Waals surface area (Å²) in [6.07, 6.45) is 2.92. The average molecular weight is 257 g/mol. The Morgan fingerprint density at radius 2 is 2.35 bits per heavy atom. The van der Waals surface area contributed by atoms with Crippen LogP contribution in [0.3, 0.4) is 0 Å². The van der Waals surface area contributed by atoms with E-state index in [1.165, 1.54) is 0 Å². The zero-order valence-electron chi connectivity index (χ0n) is 10.1. The first-order valence-electron chi connectivity index (χ1n) is 6.08. The lowest BCUT2D eigenvalue weighted by atomic mass is 10.2. The second-order valence-corrected chi connectivity index (χ2v) is 5.72. The van der Waals surface area contributed by atoms with Gasteiger partial charge in [0.25, 0.3) is 0 Å². The van der Waals surface area contributed by atoms with Crippen LogP contribution in [0.15, 0.2) is 0 Å². The van der Waals surface area contributed by atoms with Crippen molar-refractivity contribution < 1.29 is 9.59 Å². The number of thioether (sulfide) groups is 1. The van der Waals surface area contributed by atoms with Crippen molar-refractivity contribution in [2.45, 2.75) is 30.7 Å². The second kappa shape index (κ2) is 5.73. The van der Waals surface area contributed by atoms with E-state index in [0.717, 1.165) is 31.6 Å². The van der Waals surface area contributed by atoms with Gasteiger partial charge in [0.05, 0.1) is 11.9 Å². The zero-order valence-corrected chi connectivity index (χ0v) is 10.9. The van der Waals surface area contributed by atoms with E-state index in [0.29, 0.717) is 5.37 Å². The number of likely N-dealkylation sites (N-methyl/N-ethyl adjacent to an activating group) is 1. The lowest BCUT2D eigenvalue weighted by Gasteiger charge is -2.24. The molecule has 5 nitrogen and oxygen atoms in total. The van der Waals surface area contributed by atoms with Gasteiger partial charge >= 0.3 is 0 Å². The summed E-state index contributed by atoms with van der Waals surface area (Å²) in [5.41, 5.74) is 0. The summed E-state index contributed by atoms with van der Waals surface area (Å²) in [6.45, 7) is 1.11. The molecule has 0 aliphatic carbocycles. The van der Waals surface area contributed by atoms with Crippen molar-refractivity contribution in [2.75, 3.05) is 25.9 Å². The van der Waals surface area contributed by atoms with Gasteiger partial charge in [-0.15, -0.1) is 11.8 Å². The summed E-state index contributed by atoms with van der Waals surface area (Å²) in [7, 11) is 1.72. The smallest absolute Gasteiger partial charge is 0.246 e. The molecule has 17 heavy (non-hydrogen) atoms. The number of rotatable bonds is 3. The van der Waals surface area contributed by atoms with Crippen molar-refractivity contribution in [3.8, 4) is 0 Å². The van der Waals surface area contributed by atoms with Crippen LogP contribution in [0.2, 0.25) is 0 Å². The Morgan fingerprint density at radius 3 is 3.12 bits per heavy atom. The third-order valence-electron chi connectivity index (χ3n) is 3.17. The van der Waals surface area contributed by atoms with Crippen LogP contribution in [0.4, 0.5) is 0 Å². The largest absolute Gasteiger partial charge is 0.343 e. The standard InChI is InChI=1S/C11H19N3O2S/c1-12-7-9(15)13-8-4-6-17-10-3-2-5-14(10)11(8)16/h8,10,12H,2-7H2,1H3,(H,13,15). The summed E-state index contributed by atoms with van der Waals surface area (Å²) in [6, 6.07) is -0.327. The van der Waals surface area contributed by atoms with Crippen LogP contribution in [0.5, 0.6) is 0 Å². The summed E-state index contributed by atoms with van der Waals surface area (Å²) < 4.78 is 0. The van der Waals surface area contributed by atoms with E-state index in [4.69, 9.17) is 0 Å². The molecule has 96 valence electrons. The van der Waals surface area contributed by atoms with Crippen molar-refractivity contribution in [2.24, 2.45) is 0 Å². The molecule has 0 spiro atoms. The number of hydrogen-bond donors (Lipinski definition) is 2. The van der Waals surface area contributed by atoms with Gasteiger partial charge in [0.2, 0.25) is 11.8 Å². The van der Waals surface area contributed by atoms with E-state index in [-0.39, 0.29) is 24.4 Å². The number of hydrogen-bond acceptors (Lipinski definition) is 4. The van der Waals surface area contributed by atoms with Crippen LogP contribution in [-0.4, -0.2) is 54.0 Å². The summed E-state index contributed by atoms with van der Waals surface area (Å²) >= 11 is 1.84. The summed E-state index contributed by atoms with van der Waals surface area (Å²) in [4.78, 5) is 25.7. The molecule has 2 saturated heterocycles. The van der Waals surface area contributed by atoms with Gasteiger partial charge in [-0.25, -0.2) is 0 Å². The minimum absolute atomic E-state index is 0.0990. The predicted octanol–water partition coefficient (Wildman–Crippen LogP) is -0.224. The van der Waals surface area contributed by atoms with Crippen molar-refractivity contribution in [3.05, 3.63) is 0 Å². The average Bonchev–Trinajstić information content (AvgIpc) is 2.70. The minimum Gasteiger partial charge on any atom is -0.343 e. The van der Waals surface area contributed by atoms with Gasteiger partial charge in [-0.05, 0) is 32.1 Å². The first kappa shape index (κ1) is 12.7. The first-order valence-corrected chi connectivity index (χ1v) is 7.13. The molecule has 2 fully saturated rings. The number of carbonyl (C=O) groups excluding carboxylic acids is 2. The van der Waals surface area contributed by atoms with Crippen LogP contribution in [0.1, 0.15) is 19.3 Å². The maximum absolute atomic E-state index is 12.2. The minimum atomic E-state index is -0.327. The highest BCUT2D eigenvalue weighted by molar-refractivity contribution is 7.99. The number of nitrogens with zero attached hydrogens (tertiary/aromatic N) is 1. The Balaban J connectivity index is 1.97. The molecule has 0 radical (unpaired) electrons. The van der Waals surface area contributed by atoms with Crippen molar-refractivity contribution >= 4 is 23.6 Å². The number of nitrogens with one attached hydrogen (secondary N) is 2.